The van der Waals surface area contributed by atoms with Gasteiger partial charge in [0.1, 0.15) is 17.2 Å². The van der Waals surface area contributed by atoms with E-state index >= 15 is 0 Å². The van der Waals surface area contributed by atoms with Crippen molar-refractivity contribution < 1.29 is 15.3 Å². The monoisotopic (exact) mass is 444 g/mol. The van der Waals surface area contributed by atoms with Crippen molar-refractivity contribution in [3.05, 3.63) is 89.5 Å². The molecule has 1 fully saturated rings. The number of benzene rings is 3. The number of hydrogen-bond acceptors (Lipinski definition) is 3. The zero-order valence-electron chi connectivity index (χ0n) is 20.0. The molecule has 1 saturated carbocycles. The van der Waals surface area contributed by atoms with E-state index in [1.807, 2.05) is 12.1 Å². The molecule has 3 aromatic carbocycles. The molecule has 0 aliphatic heterocycles. The Morgan fingerprint density at radius 1 is 0.758 bits per heavy atom. The average Bonchev–Trinajstić information content (AvgIpc) is 2.84. The smallest absolute Gasteiger partial charge is 0.115 e. The van der Waals surface area contributed by atoms with Crippen LogP contribution in [0, 0.1) is 11.8 Å². The maximum Gasteiger partial charge on any atom is 0.115 e. The Bertz CT molecular complexity index is 998. The molecule has 0 radical (unpaired) electrons. The maximum atomic E-state index is 9.88. The van der Waals surface area contributed by atoms with E-state index in [1.54, 1.807) is 24.3 Å². The van der Waals surface area contributed by atoms with Gasteiger partial charge in [-0.1, -0.05) is 63.6 Å². The van der Waals surface area contributed by atoms with Gasteiger partial charge in [-0.3, -0.25) is 0 Å². The quantitative estimate of drug-likeness (QED) is 0.374. The van der Waals surface area contributed by atoms with Gasteiger partial charge in [0.15, 0.2) is 0 Å². The summed E-state index contributed by atoms with van der Waals surface area (Å²) in [5.74, 6) is 1.92. The van der Waals surface area contributed by atoms with Crippen LogP contribution in [0.2, 0.25) is 0 Å². The number of rotatable bonds is 6. The summed E-state index contributed by atoms with van der Waals surface area (Å²) in [5, 5.41) is 29.6. The first kappa shape index (κ1) is 23.2. The fraction of sp³-hybridized carbons (Fsp3) is 0.400. The third-order valence-corrected chi connectivity index (χ3v) is 8.65. The first-order valence-corrected chi connectivity index (χ1v) is 12.2. The highest BCUT2D eigenvalue weighted by Crippen LogP contribution is 2.53. The van der Waals surface area contributed by atoms with Crippen LogP contribution in [0.3, 0.4) is 0 Å². The van der Waals surface area contributed by atoms with Gasteiger partial charge in [0, 0.05) is 5.41 Å². The Morgan fingerprint density at radius 3 is 1.55 bits per heavy atom. The van der Waals surface area contributed by atoms with Gasteiger partial charge in [0.25, 0.3) is 0 Å². The van der Waals surface area contributed by atoms with Gasteiger partial charge in [-0.05, 0) is 96.0 Å². The molecule has 2 unspecified atom stereocenters. The lowest BCUT2D eigenvalue weighted by atomic mass is 9.54. The van der Waals surface area contributed by atoms with Crippen molar-refractivity contribution in [2.75, 3.05) is 0 Å². The maximum absolute atomic E-state index is 9.88. The van der Waals surface area contributed by atoms with E-state index in [0.29, 0.717) is 17.6 Å². The summed E-state index contributed by atoms with van der Waals surface area (Å²) in [6.45, 7) is 7.03. The van der Waals surface area contributed by atoms with E-state index < -0.39 is 0 Å². The van der Waals surface area contributed by atoms with Crippen molar-refractivity contribution in [2.45, 2.75) is 63.7 Å². The molecule has 0 saturated heterocycles. The van der Waals surface area contributed by atoms with Crippen LogP contribution in [0.5, 0.6) is 17.2 Å². The Kier molecular flexibility index (Phi) is 6.43. The largest absolute Gasteiger partial charge is 0.508 e. The summed E-state index contributed by atoms with van der Waals surface area (Å²) < 4.78 is 0. The van der Waals surface area contributed by atoms with Crippen LogP contribution in [-0.4, -0.2) is 15.3 Å². The molecule has 3 heteroatoms. The number of aromatic hydroxyl groups is 3. The SMILES string of the molecule is CCC(C)C(C)(c1ccc(O)cc1)C1CCC(c2ccc(O)cc2)(c2ccc(O)cc2)CC1. The molecule has 1 aliphatic carbocycles. The minimum atomic E-state index is -0.136. The van der Waals surface area contributed by atoms with Crippen LogP contribution in [0.25, 0.3) is 0 Å². The summed E-state index contributed by atoms with van der Waals surface area (Å²) in [7, 11) is 0. The summed E-state index contributed by atoms with van der Waals surface area (Å²) in [6, 6.07) is 23.2. The van der Waals surface area contributed by atoms with E-state index in [2.05, 4.69) is 57.2 Å². The molecule has 0 bridgehead atoms. The number of phenols is 3. The Morgan fingerprint density at radius 2 is 1.15 bits per heavy atom. The lowest BCUT2D eigenvalue weighted by molar-refractivity contribution is 0.127. The number of phenolic OH excluding ortho intramolecular Hbond substituents is 3. The third-order valence-electron chi connectivity index (χ3n) is 8.65. The van der Waals surface area contributed by atoms with Crippen molar-refractivity contribution >= 4 is 0 Å². The molecule has 0 aromatic heterocycles. The van der Waals surface area contributed by atoms with Crippen LogP contribution in [0.15, 0.2) is 72.8 Å². The molecule has 3 N–H and O–H groups in total. The van der Waals surface area contributed by atoms with Crippen LogP contribution < -0.4 is 0 Å². The summed E-state index contributed by atoms with van der Waals surface area (Å²) in [5.41, 5.74) is 3.64. The van der Waals surface area contributed by atoms with E-state index in [9.17, 15) is 15.3 Å². The second kappa shape index (κ2) is 9.13. The van der Waals surface area contributed by atoms with Crippen LogP contribution >= 0.6 is 0 Å². The van der Waals surface area contributed by atoms with Gasteiger partial charge in [-0.25, -0.2) is 0 Å². The van der Waals surface area contributed by atoms with Crippen LogP contribution in [0.4, 0.5) is 0 Å². The van der Waals surface area contributed by atoms with Gasteiger partial charge in [0.2, 0.25) is 0 Å². The van der Waals surface area contributed by atoms with Crippen molar-refractivity contribution in [3.8, 4) is 17.2 Å². The normalized spacial score (nSPS) is 19.0. The molecule has 0 heterocycles. The minimum Gasteiger partial charge on any atom is -0.508 e. The molecule has 2 atom stereocenters. The minimum absolute atomic E-state index is 0.0263. The first-order chi connectivity index (χ1) is 15.8. The van der Waals surface area contributed by atoms with Gasteiger partial charge in [-0.15, -0.1) is 0 Å². The van der Waals surface area contributed by atoms with Gasteiger partial charge >= 0.3 is 0 Å². The predicted octanol–water partition coefficient (Wildman–Crippen LogP) is 7.28. The molecule has 3 nitrogen and oxygen atoms in total. The van der Waals surface area contributed by atoms with Gasteiger partial charge in [-0.2, -0.15) is 0 Å². The fourth-order valence-electron chi connectivity index (χ4n) is 6.18. The van der Waals surface area contributed by atoms with Crippen molar-refractivity contribution in [2.24, 2.45) is 11.8 Å². The molecule has 4 rings (SSSR count). The predicted molar refractivity (Wildman–Crippen MR) is 134 cm³/mol. The third kappa shape index (κ3) is 4.21. The number of hydrogen-bond donors (Lipinski definition) is 3. The van der Waals surface area contributed by atoms with Crippen molar-refractivity contribution in [3.63, 3.8) is 0 Å². The summed E-state index contributed by atoms with van der Waals surface area (Å²) >= 11 is 0. The van der Waals surface area contributed by atoms with Crippen molar-refractivity contribution in [1.29, 1.82) is 0 Å². The summed E-state index contributed by atoms with van der Waals surface area (Å²) in [4.78, 5) is 0. The average molecular weight is 445 g/mol. The highest BCUT2D eigenvalue weighted by atomic mass is 16.3. The highest BCUT2D eigenvalue weighted by molar-refractivity contribution is 5.44. The molecule has 0 spiro atoms. The molecular formula is C30H36O3. The van der Waals surface area contributed by atoms with E-state index in [-0.39, 0.29) is 22.3 Å². The van der Waals surface area contributed by atoms with Crippen LogP contribution in [-0.2, 0) is 10.8 Å². The molecule has 33 heavy (non-hydrogen) atoms. The molecule has 0 amide bonds. The molecule has 174 valence electrons. The molecule has 1 aliphatic rings. The fourth-order valence-corrected chi connectivity index (χ4v) is 6.18. The second-order valence-electron chi connectivity index (χ2n) is 10.1. The Labute approximate surface area is 197 Å². The van der Waals surface area contributed by atoms with E-state index in [1.165, 1.54) is 16.7 Å². The highest BCUT2D eigenvalue weighted by Gasteiger charge is 2.46. The molecular weight excluding hydrogens is 408 g/mol. The molecule has 3 aromatic rings. The van der Waals surface area contributed by atoms with Gasteiger partial charge < -0.3 is 15.3 Å². The standard InChI is InChI=1S/C30H36O3/c1-4-21(2)29(3,22-5-11-26(31)12-6-22)23-17-19-30(20-18-23,24-7-13-27(32)14-8-24)25-9-15-28(33)16-10-25/h5-16,21,23,31-33H,4,17-20H2,1-3H3. The van der Waals surface area contributed by atoms with E-state index in [4.69, 9.17) is 0 Å². The first-order valence-electron chi connectivity index (χ1n) is 12.2. The zero-order chi connectivity index (χ0) is 23.6. The van der Waals surface area contributed by atoms with Crippen LogP contribution in [0.1, 0.15) is 69.6 Å². The lowest BCUT2D eigenvalue weighted by Crippen LogP contribution is -2.43. The van der Waals surface area contributed by atoms with Crippen molar-refractivity contribution in [1.82, 2.24) is 0 Å². The topological polar surface area (TPSA) is 60.7 Å². The lowest BCUT2D eigenvalue weighted by Gasteiger charge is -2.49. The van der Waals surface area contributed by atoms with Gasteiger partial charge in [0.05, 0.1) is 0 Å². The Balaban J connectivity index is 1.71. The second-order valence-corrected chi connectivity index (χ2v) is 10.1. The summed E-state index contributed by atoms with van der Waals surface area (Å²) in [6.07, 6.45) is 5.30. The zero-order valence-corrected chi connectivity index (χ0v) is 20.0. The van der Waals surface area contributed by atoms with E-state index in [0.717, 1.165) is 32.1 Å². The Hall–Kier alpha value is -2.94.